The van der Waals surface area contributed by atoms with Crippen LogP contribution >= 0.6 is 43.5 Å². The normalized spacial score (nSPS) is 11.2. The maximum atomic E-state index is 11.0. The van der Waals surface area contributed by atoms with E-state index < -0.39 is 0 Å². The second-order valence-corrected chi connectivity index (χ2v) is 36.4. The summed E-state index contributed by atoms with van der Waals surface area (Å²) in [4.78, 5) is 0. The smallest absolute Gasteiger partial charge is 0.123 e. The van der Waals surface area contributed by atoms with Crippen LogP contribution in [0.4, 0.5) is 0 Å². The van der Waals surface area contributed by atoms with Gasteiger partial charge in [-0.2, -0.15) is 0 Å². The molecule has 0 amide bonds. The second kappa shape index (κ2) is 49.1. The number of hydrogen-bond acceptors (Lipinski definition) is 15. The topological polar surface area (TPSA) is 149 Å². The standard InChI is InChI=1S/C114H115Br2ClO15/c1-7-8-9-10-11-12-13-19-40-119-100-47-89(48-103(59-100)120-67-82-26-15-14-16-27-82)73-128-109-54-92(55-110(63-109)130-77-91-50-105(122-69-84-28-20-24-80(2)41-84)62-106(51-91)123-70-85-29-21-33-97(115)42-85)74-126-101-45-88(66-118)46-102(60-101)127-75-93-56-111(129-76-90-49-104(121-68-83-36-38-96(39-37-83)114(4,5)6)61-107(52-90)125-72-87-31-23-35-99(117)44-87)64-112(57-93)131-78-94-53-108(124-71-86-30-22-34-98(116)43-86)65-113(58-94)132-79-95-32-18-17-25-81(95)3/h14-18,20-39,41-65,118H,7-13,19,40,66-79H2,1-6H3. The van der Waals surface area contributed by atoms with E-state index in [0.29, 0.717) is 137 Å². The molecule has 14 aromatic carbocycles. The van der Waals surface area contributed by atoms with Crippen LogP contribution in [0, 0.1) is 13.8 Å². The van der Waals surface area contributed by atoms with Crippen LogP contribution < -0.4 is 66.3 Å². The zero-order valence-corrected chi connectivity index (χ0v) is 79.9. The summed E-state index contributed by atoms with van der Waals surface area (Å²) < 4.78 is 94.7. The first kappa shape index (κ1) is 95.6. The molecule has 0 aliphatic carbocycles. The third-order valence-electron chi connectivity index (χ3n) is 22.0. The van der Waals surface area contributed by atoms with Gasteiger partial charge in [-0.25, -0.2) is 0 Å². The van der Waals surface area contributed by atoms with Gasteiger partial charge in [0.2, 0.25) is 0 Å². The lowest BCUT2D eigenvalue weighted by atomic mass is 9.87. The number of aryl methyl sites for hydroxylation is 2. The summed E-state index contributed by atoms with van der Waals surface area (Å²) >= 11 is 13.7. The first-order valence-corrected chi connectivity index (χ1v) is 47.1. The minimum atomic E-state index is -0.297. The monoisotopic (exact) mass is 1920 g/mol. The van der Waals surface area contributed by atoms with Crippen molar-refractivity contribution >= 4 is 43.5 Å². The van der Waals surface area contributed by atoms with E-state index in [1.807, 2.05) is 224 Å². The van der Waals surface area contributed by atoms with Crippen molar-refractivity contribution in [2.24, 2.45) is 0 Å². The maximum Gasteiger partial charge on any atom is 0.123 e. The van der Waals surface area contributed by atoms with Crippen molar-refractivity contribution < 1.29 is 71.4 Å². The Hall–Kier alpha value is -12.5. The zero-order valence-electron chi connectivity index (χ0n) is 75.9. The molecule has 0 atom stereocenters. The Morgan fingerprint density at radius 3 is 0.886 bits per heavy atom. The highest BCUT2D eigenvalue weighted by Gasteiger charge is 2.19. The van der Waals surface area contributed by atoms with Gasteiger partial charge in [-0.1, -0.05) is 261 Å². The molecular weight excluding hydrogens is 1800 g/mol. The van der Waals surface area contributed by atoms with Gasteiger partial charge in [0, 0.05) is 56.4 Å². The molecular formula is C114H115Br2ClO15. The molecule has 1 N–H and O–H groups in total. The molecule has 0 spiro atoms. The van der Waals surface area contributed by atoms with E-state index in [9.17, 15) is 5.11 Å². The van der Waals surface area contributed by atoms with E-state index in [1.165, 1.54) is 44.1 Å². The van der Waals surface area contributed by atoms with Gasteiger partial charge < -0.3 is 71.4 Å². The van der Waals surface area contributed by atoms with Gasteiger partial charge in [0.1, 0.15) is 166 Å². The Kier molecular flexibility index (Phi) is 35.6. The molecule has 682 valence electrons. The van der Waals surface area contributed by atoms with Gasteiger partial charge in [0.15, 0.2) is 0 Å². The highest BCUT2D eigenvalue weighted by atomic mass is 79.9. The summed E-state index contributed by atoms with van der Waals surface area (Å²) in [6.45, 7) is 16.3. The van der Waals surface area contributed by atoms with Crippen molar-refractivity contribution in [3.05, 3.63) is 412 Å². The summed E-state index contributed by atoms with van der Waals surface area (Å²) in [7, 11) is 0. The first-order valence-electron chi connectivity index (χ1n) is 45.2. The van der Waals surface area contributed by atoms with E-state index in [-0.39, 0.29) is 58.3 Å². The van der Waals surface area contributed by atoms with Crippen molar-refractivity contribution in [3.8, 4) is 80.5 Å². The van der Waals surface area contributed by atoms with Crippen LogP contribution in [0.2, 0.25) is 5.02 Å². The molecule has 0 saturated carbocycles. The van der Waals surface area contributed by atoms with E-state index in [0.717, 1.165) is 105 Å². The number of aliphatic hydroxyl groups excluding tert-OH is 1. The highest BCUT2D eigenvalue weighted by Crippen LogP contribution is 2.37. The van der Waals surface area contributed by atoms with Gasteiger partial charge in [0.25, 0.3) is 0 Å². The molecule has 0 aromatic heterocycles. The number of halogens is 3. The van der Waals surface area contributed by atoms with Crippen molar-refractivity contribution in [3.63, 3.8) is 0 Å². The minimum Gasteiger partial charge on any atom is -0.493 e. The zero-order chi connectivity index (χ0) is 91.6. The first-order chi connectivity index (χ1) is 64.3. The van der Waals surface area contributed by atoms with Crippen LogP contribution in [-0.2, 0) is 97.9 Å². The molecule has 14 aromatic rings. The third kappa shape index (κ3) is 31.6. The Labute approximate surface area is 799 Å². The number of ether oxygens (including phenoxy) is 14. The molecule has 0 unspecified atom stereocenters. The van der Waals surface area contributed by atoms with Gasteiger partial charge in [0.05, 0.1) is 13.2 Å². The number of benzene rings is 14. The van der Waals surface area contributed by atoms with Gasteiger partial charge in [-0.05, 0) is 236 Å². The Bertz CT molecular complexity index is 5970. The van der Waals surface area contributed by atoms with Gasteiger partial charge in [-0.3, -0.25) is 0 Å². The summed E-state index contributed by atoms with van der Waals surface area (Å²) in [5, 5.41) is 11.6. The van der Waals surface area contributed by atoms with Crippen LogP contribution in [0.25, 0.3) is 0 Å². The average Bonchev–Trinajstić information content (AvgIpc) is 0.836. The summed E-state index contributed by atoms with van der Waals surface area (Å²) in [6, 6.07) is 99.2. The van der Waals surface area contributed by atoms with Crippen molar-refractivity contribution in [1.29, 1.82) is 0 Å². The average molecular weight is 1920 g/mol. The lowest BCUT2D eigenvalue weighted by Crippen LogP contribution is -2.10. The molecule has 0 bridgehead atoms. The molecule has 0 saturated heterocycles. The fourth-order valence-electron chi connectivity index (χ4n) is 14.9. The molecule has 0 aliphatic heterocycles. The summed E-state index contributed by atoms with van der Waals surface area (Å²) in [6.07, 6.45) is 9.56. The van der Waals surface area contributed by atoms with Crippen LogP contribution in [0.1, 0.15) is 174 Å². The SMILES string of the molecule is CCCCCCCCCCOc1cc(COc2cc(COc3cc(CO)cc(OCc4cc(OCc5cc(OCc6ccc(C(C)(C)C)cc6)cc(OCc6cccc(Cl)c6)c5)cc(OCc5cc(OCc6cccc(Br)c6)cc(OCc6ccccc6C)c5)c4)c3)cc(OCc3cc(OCc4cccc(C)c4)cc(OCc4cccc(Br)c4)c3)c2)cc(OCc2ccccc2)c1. The fourth-order valence-corrected chi connectivity index (χ4v) is 16.0. The van der Waals surface area contributed by atoms with Crippen molar-refractivity contribution in [2.75, 3.05) is 6.61 Å². The summed E-state index contributed by atoms with van der Waals surface area (Å²) in [5.74, 6) is 8.00. The Balaban J connectivity index is 0.739. The minimum absolute atomic E-state index is 0.00426. The molecule has 0 radical (unpaired) electrons. The number of hydrogen-bond donors (Lipinski definition) is 1. The maximum absolute atomic E-state index is 11.0. The Morgan fingerprint density at radius 2 is 0.538 bits per heavy atom. The molecule has 132 heavy (non-hydrogen) atoms. The highest BCUT2D eigenvalue weighted by molar-refractivity contribution is 9.10. The lowest BCUT2D eigenvalue weighted by Gasteiger charge is -2.19. The predicted molar refractivity (Wildman–Crippen MR) is 529 cm³/mol. The molecule has 14 rings (SSSR count). The second-order valence-electron chi connectivity index (χ2n) is 34.2. The third-order valence-corrected chi connectivity index (χ3v) is 23.2. The molecule has 18 heteroatoms. The van der Waals surface area contributed by atoms with E-state index in [1.54, 1.807) is 12.1 Å². The largest absolute Gasteiger partial charge is 0.493 e. The van der Waals surface area contributed by atoms with Crippen LogP contribution in [0.3, 0.4) is 0 Å². The fraction of sp³-hybridized carbons (Fsp3) is 0.263. The van der Waals surface area contributed by atoms with Crippen LogP contribution in [0.5, 0.6) is 80.5 Å². The van der Waals surface area contributed by atoms with Crippen LogP contribution in [0.15, 0.2) is 312 Å². The molecule has 0 heterocycles. The molecule has 0 aliphatic rings. The van der Waals surface area contributed by atoms with Gasteiger partial charge in [-0.15, -0.1) is 0 Å². The van der Waals surface area contributed by atoms with E-state index >= 15 is 0 Å². The van der Waals surface area contributed by atoms with Crippen molar-refractivity contribution in [2.45, 2.75) is 191 Å². The van der Waals surface area contributed by atoms with Crippen LogP contribution in [-0.4, -0.2) is 11.7 Å². The number of unbranched alkanes of at least 4 members (excludes halogenated alkanes) is 7. The summed E-state index contributed by atoms with van der Waals surface area (Å²) in [5.41, 5.74) is 15.9. The van der Waals surface area contributed by atoms with Gasteiger partial charge >= 0.3 is 0 Å². The number of rotatable bonds is 50. The lowest BCUT2D eigenvalue weighted by molar-refractivity contribution is 0.266. The number of aliphatic hydroxyl groups is 1. The molecule has 0 fully saturated rings. The van der Waals surface area contributed by atoms with E-state index in [4.69, 9.17) is 77.9 Å². The van der Waals surface area contributed by atoms with E-state index in [2.05, 4.69) is 140 Å². The van der Waals surface area contributed by atoms with Crippen molar-refractivity contribution in [1.82, 2.24) is 0 Å². The molecule has 15 nitrogen and oxygen atoms in total. The predicted octanol–water partition coefficient (Wildman–Crippen LogP) is 29.3. The Morgan fingerprint density at radius 1 is 0.250 bits per heavy atom. The quantitative estimate of drug-likeness (QED) is 0.0360.